The van der Waals surface area contributed by atoms with Crippen LogP contribution in [0.4, 0.5) is 0 Å². The monoisotopic (exact) mass is 572 g/mol. The second-order valence-electron chi connectivity index (χ2n) is 11.3. The summed E-state index contributed by atoms with van der Waals surface area (Å²) in [5.41, 5.74) is 0.950. The quantitative estimate of drug-likeness (QED) is 0.319. The van der Waals surface area contributed by atoms with Crippen molar-refractivity contribution < 1.29 is 24.2 Å². The number of carbonyl (C=O) groups is 3. The van der Waals surface area contributed by atoms with Gasteiger partial charge in [0.05, 0.1) is 25.2 Å². The Morgan fingerprint density at radius 2 is 1.68 bits per heavy atom. The van der Waals surface area contributed by atoms with Crippen molar-refractivity contribution in [3.05, 3.63) is 52.5 Å². The zero-order valence-corrected chi connectivity index (χ0v) is 24.9. The summed E-state index contributed by atoms with van der Waals surface area (Å²) in [5.74, 6) is -1.04. The van der Waals surface area contributed by atoms with Crippen LogP contribution in [-0.2, 0) is 25.5 Å². The number of morpholine rings is 1. The fourth-order valence-corrected chi connectivity index (χ4v) is 5.60. The normalized spacial score (nSPS) is 16.8. The minimum absolute atomic E-state index is 0.0511. The molecule has 4 atom stereocenters. The minimum atomic E-state index is -0.946. The number of carbonyl (C=O) groups excluding carboxylic acids is 3. The van der Waals surface area contributed by atoms with E-state index in [2.05, 4.69) is 15.6 Å². The van der Waals surface area contributed by atoms with Gasteiger partial charge in [0.1, 0.15) is 17.2 Å². The molecule has 1 aliphatic heterocycles. The first-order chi connectivity index (χ1) is 19.1. The van der Waals surface area contributed by atoms with E-state index in [1.165, 1.54) is 11.3 Å². The second kappa shape index (κ2) is 15.8. The van der Waals surface area contributed by atoms with E-state index in [1.54, 1.807) is 16.5 Å². The number of benzene rings is 1. The first kappa shape index (κ1) is 31.7. The number of ether oxygens (including phenoxy) is 1. The Morgan fingerprint density at radius 3 is 2.27 bits per heavy atom. The number of aliphatic hydroxyl groups excluding tert-OH is 1. The lowest BCUT2D eigenvalue weighted by atomic mass is 9.93. The van der Waals surface area contributed by atoms with Crippen LogP contribution < -0.4 is 10.6 Å². The number of aromatic nitrogens is 1. The van der Waals surface area contributed by atoms with Gasteiger partial charge in [-0.05, 0) is 36.7 Å². The molecule has 0 saturated carbocycles. The van der Waals surface area contributed by atoms with E-state index in [-0.39, 0.29) is 36.0 Å². The summed E-state index contributed by atoms with van der Waals surface area (Å²) in [4.78, 5) is 46.4. The summed E-state index contributed by atoms with van der Waals surface area (Å²) in [6.07, 6.45) is 2.10. The molecule has 9 nitrogen and oxygen atoms in total. The van der Waals surface area contributed by atoms with E-state index in [1.807, 2.05) is 58.0 Å². The lowest BCUT2D eigenvalue weighted by molar-refractivity contribution is -0.140. The third kappa shape index (κ3) is 9.98. The molecule has 1 saturated heterocycles. The molecule has 220 valence electrons. The molecule has 40 heavy (non-hydrogen) atoms. The van der Waals surface area contributed by atoms with Crippen LogP contribution in [0.3, 0.4) is 0 Å². The molecule has 1 aromatic carbocycles. The smallest absolute Gasteiger partial charge is 0.242 e. The maximum atomic E-state index is 13.7. The topological polar surface area (TPSA) is 121 Å². The lowest BCUT2D eigenvalue weighted by Gasteiger charge is -2.30. The summed E-state index contributed by atoms with van der Waals surface area (Å²) in [6.45, 7) is 10.0. The van der Waals surface area contributed by atoms with Gasteiger partial charge in [-0.2, -0.15) is 0 Å². The van der Waals surface area contributed by atoms with Crippen molar-refractivity contribution in [2.24, 2.45) is 17.8 Å². The number of nitrogens with zero attached hydrogens (tertiary/aromatic N) is 2. The largest absolute Gasteiger partial charge is 0.384 e. The van der Waals surface area contributed by atoms with Crippen LogP contribution in [-0.4, -0.2) is 71.1 Å². The molecular weight excluding hydrogens is 528 g/mol. The van der Waals surface area contributed by atoms with E-state index >= 15 is 0 Å². The van der Waals surface area contributed by atoms with Gasteiger partial charge in [0.25, 0.3) is 0 Å². The highest BCUT2D eigenvalue weighted by Gasteiger charge is 2.32. The highest BCUT2D eigenvalue weighted by Crippen LogP contribution is 2.24. The first-order valence-corrected chi connectivity index (χ1v) is 15.1. The van der Waals surface area contributed by atoms with Crippen molar-refractivity contribution in [1.82, 2.24) is 20.5 Å². The fourth-order valence-electron chi connectivity index (χ4n) is 4.91. The molecule has 0 radical (unpaired) electrons. The summed E-state index contributed by atoms with van der Waals surface area (Å²) < 4.78 is 5.37. The Labute approximate surface area is 241 Å². The summed E-state index contributed by atoms with van der Waals surface area (Å²) in [5, 5.41) is 19.3. The Bertz CT molecular complexity index is 1060. The maximum Gasteiger partial charge on any atom is 0.242 e. The van der Waals surface area contributed by atoms with Gasteiger partial charge in [0, 0.05) is 31.1 Å². The molecule has 1 aliphatic rings. The number of thiazole rings is 1. The molecule has 10 heteroatoms. The number of hydrogen-bond donors (Lipinski definition) is 3. The summed E-state index contributed by atoms with van der Waals surface area (Å²) in [6, 6.07) is 8.25. The van der Waals surface area contributed by atoms with Gasteiger partial charge in [-0.15, -0.1) is 11.3 Å². The lowest BCUT2D eigenvalue weighted by Crippen LogP contribution is -2.53. The van der Waals surface area contributed by atoms with Gasteiger partial charge in [-0.3, -0.25) is 14.4 Å². The van der Waals surface area contributed by atoms with Gasteiger partial charge in [-0.1, -0.05) is 58.0 Å². The molecule has 3 N–H and O–H groups in total. The Hall–Kier alpha value is -2.82. The van der Waals surface area contributed by atoms with Crippen molar-refractivity contribution in [3.8, 4) is 0 Å². The SMILES string of the molecule is CC(C)C[C@H](NC(=O)[C@@H](CC(=O)N1CCOCC1)Cc1ccccc1)C(=O)N[C@H](CC(C)C)[C@H](O)c1nccs1. The van der Waals surface area contributed by atoms with Crippen molar-refractivity contribution >= 4 is 29.1 Å². The zero-order valence-electron chi connectivity index (χ0n) is 24.0. The molecule has 2 heterocycles. The van der Waals surface area contributed by atoms with Gasteiger partial charge in [0.2, 0.25) is 17.7 Å². The number of rotatable bonds is 14. The van der Waals surface area contributed by atoms with Gasteiger partial charge < -0.3 is 25.4 Å². The number of amides is 3. The van der Waals surface area contributed by atoms with Crippen LogP contribution in [0.2, 0.25) is 0 Å². The molecule has 3 rings (SSSR count). The highest BCUT2D eigenvalue weighted by atomic mass is 32.1. The van der Waals surface area contributed by atoms with Gasteiger partial charge >= 0.3 is 0 Å². The van der Waals surface area contributed by atoms with Crippen LogP contribution in [0, 0.1) is 17.8 Å². The van der Waals surface area contributed by atoms with Crippen molar-refractivity contribution in [2.75, 3.05) is 26.3 Å². The zero-order chi connectivity index (χ0) is 29.1. The standard InChI is InChI=1S/C30H44N4O5S/c1-20(2)16-24(27(36)30-31-10-15-40-30)32-29(38)25(17-21(3)4)33-28(37)23(18-22-8-6-5-7-9-22)19-26(35)34-11-13-39-14-12-34/h5-10,15,20-21,23-25,27,36H,11-14,16-19H2,1-4H3,(H,32,38)(H,33,37)/t23-,24-,25+,27+/m1/s1. The van der Waals surface area contributed by atoms with Crippen LogP contribution >= 0.6 is 11.3 Å². The van der Waals surface area contributed by atoms with Crippen molar-refractivity contribution in [1.29, 1.82) is 0 Å². The number of nitrogens with one attached hydrogen (secondary N) is 2. The van der Waals surface area contributed by atoms with Crippen LogP contribution in [0.15, 0.2) is 41.9 Å². The number of aliphatic hydroxyl groups is 1. The molecule has 2 aromatic rings. The average molecular weight is 573 g/mol. The van der Waals surface area contributed by atoms with Crippen molar-refractivity contribution in [2.45, 2.75) is 71.6 Å². The molecule has 0 unspecified atom stereocenters. The third-order valence-electron chi connectivity index (χ3n) is 6.96. The maximum absolute atomic E-state index is 13.7. The summed E-state index contributed by atoms with van der Waals surface area (Å²) in [7, 11) is 0. The molecule has 0 aliphatic carbocycles. The molecule has 3 amide bonds. The molecule has 1 fully saturated rings. The van der Waals surface area contributed by atoms with Crippen LogP contribution in [0.25, 0.3) is 0 Å². The van der Waals surface area contributed by atoms with E-state index in [9.17, 15) is 19.5 Å². The van der Waals surface area contributed by atoms with E-state index < -0.39 is 24.1 Å². The van der Waals surface area contributed by atoms with Crippen molar-refractivity contribution in [3.63, 3.8) is 0 Å². The molecular formula is C30H44N4O5S. The molecule has 1 aromatic heterocycles. The molecule has 0 bridgehead atoms. The Morgan fingerprint density at radius 1 is 1.00 bits per heavy atom. The predicted molar refractivity (Wildman–Crippen MR) is 155 cm³/mol. The Kier molecular flexibility index (Phi) is 12.5. The fraction of sp³-hybridized carbons (Fsp3) is 0.600. The van der Waals surface area contributed by atoms with Gasteiger partial charge in [-0.25, -0.2) is 4.98 Å². The second-order valence-corrected chi connectivity index (χ2v) is 12.3. The van der Waals surface area contributed by atoms with E-state index in [4.69, 9.17) is 4.74 Å². The number of hydrogen-bond acceptors (Lipinski definition) is 7. The predicted octanol–water partition coefficient (Wildman–Crippen LogP) is 3.35. The summed E-state index contributed by atoms with van der Waals surface area (Å²) >= 11 is 1.34. The van der Waals surface area contributed by atoms with Gasteiger partial charge in [0.15, 0.2) is 0 Å². The van der Waals surface area contributed by atoms with Crippen LogP contribution in [0.5, 0.6) is 0 Å². The molecule has 0 spiro atoms. The highest BCUT2D eigenvalue weighted by molar-refractivity contribution is 7.09. The van der Waals surface area contributed by atoms with Crippen LogP contribution in [0.1, 0.15) is 63.6 Å². The Balaban J connectivity index is 1.76. The average Bonchev–Trinajstić information content (AvgIpc) is 3.47. The third-order valence-corrected chi connectivity index (χ3v) is 7.81. The first-order valence-electron chi connectivity index (χ1n) is 14.2. The van der Waals surface area contributed by atoms with E-state index in [0.29, 0.717) is 50.6 Å². The van der Waals surface area contributed by atoms with E-state index in [0.717, 1.165) is 5.56 Å². The minimum Gasteiger partial charge on any atom is -0.384 e.